The summed E-state index contributed by atoms with van der Waals surface area (Å²) in [6.45, 7) is 1.36. The molecule has 2 rings (SSSR count). The van der Waals surface area contributed by atoms with Crippen molar-refractivity contribution in [2.24, 2.45) is 0 Å². The Hall–Kier alpha value is -1.79. The molecule has 0 bridgehead atoms. The maximum Gasteiger partial charge on any atom is 0.358 e. The Morgan fingerprint density at radius 2 is 2.14 bits per heavy atom. The minimum Gasteiger partial charge on any atom is -0.464 e. The van der Waals surface area contributed by atoms with Crippen LogP contribution in [0.3, 0.4) is 0 Å². The van der Waals surface area contributed by atoms with Crippen LogP contribution in [0.5, 0.6) is 0 Å². The molecular weight excluding hydrogens is 317 g/mol. The third-order valence-electron chi connectivity index (χ3n) is 2.73. The number of Topliss-reactive ketones (excluding diaryl/α,β-unsaturated/α-hetero) is 1. The van der Waals surface area contributed by atoms with Gasteiger partial charge in [-0.15, -0.1) is 11.3 Å². The largest absolute Gasteiger partial charge is 0.464 e. The number of aromatic nitrogens is 1. The fourth-order valence-electron chi connectivity index (χ4n) is 1.74. The summed E-state index contributed by atoms with van der Waals surface area (Å²) in [5, 5.41) is 0.809. The highest BCUT2D eigenvalue weighted by Crippen LogP contribution is 2.26. The van der Waals surface area contributed by atoms with E-state index < -0.39 is 11.8 Å². The quantitative estimate of drug-likeness (QED) is 0.637. The molecule has 0 aliphatic carbocycles. The van der Waals surface area contributed by atoms with Gasteiger partial charge in [0.1, 0.15) is 10.7 Å². The van der Waals surface area contributed by atoms with E-state index in [9.17, 15) is 14.0 Å². The van der Waals surface area contributed by atoms with Gasteiger partial charge in [0.15, 0.2) is 11.5 Å². The number of methoxy groups -OCH3 is 1. The van der Waals surface area contributed by atoms with Crippen LogP contribution < -0.4 is 0 Å². The molecule has 21 heavy (non-hydrogen) atoms. The van der Waals surface area contributed by atoms with Crippen LogP contribution >= 0.6 is 22.9 Å². The fourth-order valence-corrected chi connectivity index (χ4v) is 2.95. The first-order valence-corrected chi connectivity index (χ1v) is 7.14. The number of nitrogens with zero attached hydrogens (tertiary/aromatic N) is 1. The normalized spacial score (nSPS) is 10.5. The number of ketones is 1. The first kappa shape index (κ1) is 15.6. The summed E-state index contributed by atoms with van der Waals surface area (Å²) >= 11 is 7.06. The Morgan fingerprint density at radius 3 is 2.71 bits per heavy atom. The lowest BCUT2D eigenvalue weighted by molar-refractivity contribution is 0.0591. The number of benzene rings is 1. The van der Waals surface area contributed by atoms with Crippen molar-refractivity contribution in [1.29, 1.82) is 0 Å². The smallest absolute Gasteiger partial charge is 0.358 e. The van der Waals surface area contributed by atoms with Crippen molar-refractivity contribution in [3.63, 3.8) is 0 Å². The van der Waals surface area contributed by atoms with Gasteiger partial charge in [-0.3, -0.25) is 4.79 Å². The van der Waals surface area contributed by atoms with Gasteiger partial charge in [0.2, 0.25) is 0 Å². The maximum atomic E-state index is 13.0. The molecule has 0 aliphatic rings. The van der Waals surface area contributed by atoms with E-state index in [1.54, 1.807) is 6.07 Å². The van der Waals surface area contributed by atoms with Gasteiger partial charge < -0.3 is 4.74 Å². The van der Waals surface area contributed by atoms with E-state index in [0.29, 0.717) is 17.0 Å². The van der Waals surface area contributed by atoms with Crippen LogP contribution in [0.15, 0.2) is 18.2 Å². The van der Waals surface area contributed by atoms with Crippen molar-refractivity contribution in [2.45, 2.75) is 13.3 Å². The predicted octanol–water partition coefficient (Wildman–Crippen LogP) is 3.52. The van der Waals surface area contributed by atoms with E-state index >= 15 is 0 Å². The number of esters is 1. The number of rotatable bonds is 4. The molecule has 0 radical (unpaired) electrons. The summed E-state index contributed by atoms with van der Waals surface area (Å²) in [6.07, 6.45) is 0.307. The lowest BCUT2D eigenvalue weighted by Gasteiger charge is -2.01. The Labute approximate surface area is 129 Å². The van der Waals surface area contributed by atoms with Gasteiger partial charge in [-0.1, -0.05) is 17.7 Å². The van der Waals surface area contributed by atoms with Crippen molar-refractivity contribution < 1.29 is 18.7 Å². The molecule has 110 valence electrons. The standard InChI is InChI=1S/C14H11ClFNO3S/c1-7(18)13-12(14(19)20-2)17-11(21-13)5-8-3-4-9(16)6-10(8)15/h3-4,6H,5H2,1-2H3. The van der Waals surface area contributed by atoms with Gasteiger partial charge in [-0.2, -0.15) is 0 Å². The minimum absolute atomic E-state index is 0.00299. The molecule has 0 amide bonds. The third kappa shape index (κ3) is 3.46. The van der Waals surface area contributed by atoms with E-state index in [0.717, 1.165) is 11.3 Å². The number of thiazole rings is 1. The summed E-state index contributed by atoms with van der Waals surface area (Å²) in [7, 11) is 1.22. The van der Waals surface area contributed by atoms with Gasteiger partial charge in [-0.25, -0.2) is 14.2 Å². The van der Waals surface area contributed by atoms with E-state index in [-0.39, 0.29) is 21.4 Å². The zero-order valence-electron chi connectivity index (χ0n) is 11.3. The molecule has 0 saturated carbocycles. The molecule has 4 nitrogen and oxygen atoms in total. The van der Waals surface area contributed by atoms with Gasteiger partial charge in [0.05, 0.1) is 12.1 Å². The minimum atomic E-state index is -0.659. The molecule has 7 heteroatoms. The molecule has 0 aliphatic heterocycles. The Kier molecular flexibility index (Phi) is 4.69. The lowest BCUT2D eigenvalue weighted by atomic mass is 10.1. The maximum absolute atomic E-state index is 13.0. The second-order valence-corrected chi connectivity index (χ2v) is 5.74. The molecule has 2 aromatic rings. The van der Waals surface area contributed by atoms with Crippen molar-refractivity contribution in [2.75, 3.05) is 7.11 Å². The molecule has 0 saturated heterocycles. The van der Waals surface area contributed by atoms with Crippen LogP contribution in [0.2, 0.25) is 5.02 Å². The van der Waals surface area contributed by atoms with Crippen LogP contribution in [-0.4, -0.2) is 23.8 Å². The van der Waals surface area contributed by atoms with Gasteiger partial charge in [0.25, 0.3) is 0 Å². The van der Waals surface area contributed by atoms with Crippen molar-refractivity contribution in [1.82, 2.24) is 4.98 Å². The molecular formula is C14H11ClFNO3S. The number of ether oxygens (including phenoxy) is 1. The average Bonchev–Trinajstić information content (AvgIpc) is 2.85. The van der Waals surface area contributed by atoms with Crippen LogP contribution in [0, 0.1) is 5.82 Å². The highest BCUT2D eigenvalue weighted by Gasteiger charge is 2.22. The van der Waals surface area contributed by atoms with E-state index in [1.807, 2.05) is 0 Å². The molecule has 1 aromatic carbocycles. The molecule has 0 fully saturated rings. The van der Waals surface area contributed by atoms with Crippen LogP contribution in [-0.2, 0) is 11.2 Å². The van der Waals surface area contributed by atoms with E-state index in [2.05, 4.69) is 9.72 Å². The monoisotopic (exact) mass is 327 g/mol. The number of hydrogen-bond acceptors (Lipinski definition) is 5. The topological polar surface area (TPSA) is 56.3 Å². The van der Waals surface area contributed by atoms with Gasteiger partial charge in [0, 0.05) is 18.4 Å². The van der Waals surface area contributed by atoms with Crippen molar-refractivity contribution >= 4 is 34.7 Å². The van der Waals surface area contributed by atoms with Crippen molar-refractivity contribution in [3.05, 3.63) is 50.2 Å². The van der Waals surface area contributed by atoms with E-state index in [4.69, 9.17) is 11.6 Å². The summed E-state index contributed by atoms with van der Waals surface area (Å²) in [4.78, 5) is 27.5. The number of carbonyl (C=O) groups excluding carboxylic acids is 2. The number of carbonyl (C=O) groups is 2. The second kappa shape index (κ2) is 6.32. The Bertz CT molecular complexity index is 714. The number of halogens is 2. The molecule has 0 atom stereocenters. The Morgan fingerprint density at radius 1 is 1.43 bits per heavy atom. The molecule has 0 spiro atoms. The zero-order chi connectivity index (χ0) is 15.6. The first-order chi connectivity index (χ1) is 9.92. The first-order valence-electron chi connectivity index (χ1n) is 5.95. The van der Waals surface area contributed by atoms with Gasteiger partial charge in [-0.05, 0) is 17.7 Å². The van der Waals surface area contributed by atoms with Crippen molar-refractivity contribution in [3.8, 4) is 0 Å². The third-order valence-corrected chi connectivity index (χ3v) is 4.23. The molecule has 1 heterocycles. The summed E-state index contributed by atoms with van der Waals surface area (Å²) in [5.74, 6) is -1.35. The second-order valence-electron chi connectivity index (χ2n) is 4.25. The fraction of sp³-hybridized carbons (Fsp3) is 0.214. The van der Waals surface area contributed by atoms with Gasteiger partial charge >= 0.3 is 5.97 Å². The van der Waals surface area contributed by atoms with Crippen LogP contribution in [0.1, 0.15) is 37.7 Å². The summed E-state index contributed by atoms with van der Waals surface area (Å²) < 4.78 is 17.6. The Balaban J connectivity index is 2.37. The molecule has 1 aromatic heterocycles. The molecule has 0 unspecified atom stereocenters. The highest BCUT2D eigenvalue weighted by molar-refractivity contribution is 7.14. The average molecular weight is 328 g/mol. The van der Waals surface area contributed by atoms with E-state index in [1.165, 1.54) is 26.2 Å². The SMILES string of the molecule is COC(=O)c1nc(Cc2ccc(F)cc2Cl)sc1C(C)=O. The zero-order valence-corrected chi connectivity index (χ0v) is 12.8. The highest BCUT2D eigenvalue weighted by atomic mass is 35.5. The predicted molar refractivity (Wildman–Crippen MR) is 77.7 cm³/mol. The molecule has 0 N–H and O–H groups in total. The lowest BCUT2D eigenvalue weighted by Crippen LogP contribution is -2.07. The summed E-state index contributed by atoms with van der Waals surface area (Å²) in [5.41, 5.74) is 0.668. The van der Waals surface area contributed by atoms with Crippen LogP contribution in [0.4, 0.5) is 4.39 Å². The number of hydrogen-bond donors (Lipinski definition) is 0. The van der Waals surface area contributed by atoms with Crippen LogP contribution in [0.25, 0.3) is 0 Å². The summed E-state index contributed by atoms with van der Waals surface area (Å²) in [6, 6.07) is 4.05.